The molecule has 2 aliphatic rings. The molecule has 0 bridgehead atoms. The van der Waals surface area contributed by atoms with E-state index in [1.807, 2.05) is 6.07 Å². The highest BCUT2D eigenvalue weighted by Crippen LogP contribution is 2.27. The third-order valence-electron chi connectivity index (χ3n) is 4.46. The van der Waals surface area contributed by atoms with Crippen molar-refractivity contribution in [3.05, 3.63) is 22.9 Å². The van der Waals surface area contributed by atoms with E-state index in [1.54, 1.807) is 0 Å². The van der Waals surface area contributed by atoms with Gasteiger partial charge in [0.2, 0.25) is 0 Å². The highest BCUT2D eigenvalue weighted by Gasteiger charge is 2.26. The fourth-order valence-electron chi connectivity index (χ4n) is 3.28. The molecule has 0 aliphatic heterocycles. The molecule has 3 rings (SSSR count). The van der Waals surface area contributed by atoms with Crippen LogP contribution in [0, 0.1) is 0 Å². The molecule has 0 radical (unpaired) electrons. The van der Waals surface area contributed by atoms with Gasteiger partial charge in [-0.1, -0.05) is 0 Å². The minimum atomic E-state index is -0.417. The van der Waals surface area contributed by atoms with Gasteiger partial charge in [0.05, 0.1) is 5.56 Å². The first-order valence-corrected chi connectivity index (χ1v) is 7.50. The number of hydrogen-bond acceptors (Lipinski definition) is 4. The van der Waals surface area contributed by atoms with Crippen LogP contribution in [0.4, 0.5) is 5.82 Å². The molecule has 108 valence electrons. The van der Waals surface area contributed by atoms with Gasteiger partial charge < -0.3 is 16.8 Å². The number of nitrogens with two attached hydrogens (primary N) is 2. The summed E-state index contributed by atoms with van der Waals surface area (Å²) < 4.78 is 0. The first kappa shape index (κ1) is 13.4. The van der Waals surface area contributed by atoms with Gasteiger partial charge in [0.25, 0.3) is 5.91 Å². The van der Waals surface area contributed by atoms with E-state index >= 15 is 0 Å². The minimum absolute atomic E-state index is 0.133. The molecule has 1 aromatic heterocycles. The maximum absolute atomic E-state index is 11.7. The number of carbonyl (C=O) groups is 1. The zero-order valence-electron chi connectivity index (χ0n) is 11.7. The van der Waals surface area contributed by atoms with E-state index in [1.165, 1.54) is 5.56 Å². The van der Waals surface area contributed by atoms with Gasteiger partial charge in [0.15, 0.2) is 0 Å². The number of primary amides is 1. The highest BCUT2D eigenvalue weighted by molar-refractivity contribution is 5.97. The van der Waals surface area contributed by atoms with Crippen LogP contribution in [0.3, 0.4) is 0 Å². The van der Waals surface area contributed by atoms with Gasteiger partial charge in [-0.05, 0) is 56.6 Å². The summed E-state index contributed by atoms with van der Waals surface area (Å²) in [6.45, 7) is 0. The monoisotopic (exact) mass is 274 g/mol. The largest absolute Gasteiger partial charge is 0.365 e. The van der Waals surface area contributed by atoms with Crippen molar-refractivity contribution < 1.29 is 4.79 Å². The molecule has 5 N–H and O–H groups in total. The van der Waals surface area contributed by atoms with Crippen LogP contribution in [0.1, 0.15) is 53.7 Å². The van der Waals surface area contributed by atoms with E-state index in [4.69, 9.17) is 11.5 Å². The molecule has 0 aromatic carbocycles. The molecule has 1 heterocycles. The number of nitrogens with one attached hydrogen (secondary N) is 1. The lowest BCUT2D eigenvalue weighted by molar-refractivity contribution is 0.100. The van der Waals surface area contributed by atoms with Crippen LogP contribution in [0.5, 0.6) is 0 Å². The van der Waals surface area contributed by atoms with Crippen LogP contribution in [-0.4, -0.2) is 23.0 Å². The van der Waals surface area contributed by atoms with Crippen molar-refractivity contribution in [1.82, 2.24) is 4.98 Å². The predicted molar refractivity (Wildman–Crippen MR) is 78.6 cm³/mol. The maximum atomic E-state index is 11.7. The first-order chi connectivity index (χ1) is 9.65. The second-order valence-electron chi connectivity index (χ2n) is 5.91. The number of rotatable bonds is 3. The summed E-state index contributed by atoms with van der Waals surface area (Å²) in [5, 5.41) is 3.35. The highest BCUT2D eigenvalue weighted by atomic mass is 16.1. The second kappa shape index (κ2) is 5.40. The molecule has 1 saturated carbocycles. The van der Waals surface area contributed by atoms with E-state index < -0.39 is 5.91 Å². The Morgan fingerprint density at radius 3 is 2.75 bits per heavy atom. The van der Waals surface area contributed by atoms with Gasteiger partial charge in [-0.3, -0.25) is 4.79 Å². The minimum Gasteiger partial charge on any atom is -0.365 e. The molecule has 5 nitrogen and oxygen atoms in total. The van der Waals surface area contributed by atoms with Crippen LogP contribution < -0.4 is 16.8 Å². The molecule has 1 fully saturated rings. The Bertz CT molecular complexity index is 529. The topological polar surface area (TPSA) is 94.0 Å². The maximum Gasteiger partial charge on any atom is 0.252 e. The fourth-order valence-corrected chi connectivity index (χ4v) is 3.28. The van der Waals surface area contributed by atoms with Crippen LogP contribution >= 0.6 is 0 Å². The average Bonchev–Trinajstić information content (AvgIpc) is 2.83. The summed E-state index contributed by atoms with van der Waals surface area (Å²) in [4.78, 5) is 16.3. The quantitative estimate of drug-likeness (QED) is 0.775. The zero-order valence-corrected chi connectivity index (χ0v) is 11.7. The van der Waals surface area contributed by atoms with Gasteiger partial charge in [0.1, 0.15) is 5.82 Å². The fraction of sp³-hybridized carbons (Fsp3) is 0.600. The summed E-state index contributed by atoms with van der Waals surface area (Å²) in [6, 6.07) is 2.25. The predicted octanol–water partition coefficient (Wildman–Crippen LogP) is 1.35. The molecule has 0 saturated heterocycles. The number of aryl methyl sites for hydroxylation is 2. The third kappa shape index (κ3) is 2.50. The van der Waals surface area contributed by atoms with Gasteiger partial charge in [0, 0.05) is 17.8 Å². The van der Waals surface area contributed by atoms with Crippen molar-refractivity contribution in [2.24, 2.45) is 11.5 Å². The van der Waals surface area contributed by atoms with Crippen molar-refractivity contribution in [2.45, 2.75) is 57.0 Å². The number of amides is 1. The lowest BCUT2D eigenvalue weighted by Gasteiger charge is -2.22. The molecule has 1 amide bonds. The average molecular weight is 274 g/mol. The van der Waals surface area contributed by atoms with E-state index in [-0.39, 0.29) is 12.1 Å². The number of nitrogens with zero attached hydrogens (tertiary/aromatic N) is 1. The summed E-state index contributed by atoms with van der Waals surface area (Å²) in [6.07, 6.45) is 7.47. The first-order valence-electron chi connectivity index (χ1n) is 7.50. The van der Waals surface area contributed by atoms with E-state index in [0.29, 0.717) is 11.4 Å². The van der Waals surface area contributed by atoms with Crippen molar-refractivity contribution in [1.29, 1.82) is 0 Å². The molecule has 0 spiro atoms. The molecule has 20 heavy (non-hydrogen) atoms. The van der Waals surface area contributed by atoms with Crippen molar-refractivity contribution in [3.63, 3.8) is 0 Å². The van der Waals surface area contributed by atoms with Crippen molar-refractivity contribution in [3.8, 4) is 0 Å². The number of pyridine rings is 1. The summed E-state index contributed by atoms with van der Waals surface area (Å²) in [7, 11) is 0. The Balaban J connectivity index is 1.93. The Kier molecular flexibility index (Phi) is 3.61. The van der Waals surface area contributed by atoms with Crippen LogP contribution in [-0.2, 0) is 12.8 Å². The third-order valence-corrected chi connectivity index (χ3v) is 4.46. The number of aromatic nitrogens is 1. The van der Waals surface area contributed by atoms with Crippen molar-refractivity contribution >= 4 is 11.7 Å². The van der Waals surface area contributed by atoms with Gasteiger partial charge in [-0.15, -0.1) is 0 Å². The lowest BCUT2D eigenvalue weighted by Crippen LogP contribution is -2.36. The number of carbonyl (C=O) groups excluding carboxylic acids is 1. The second-order valence-corrected chi connectivity index (χ2v) is 5.91. The summed E-state index contributed by atoms with van der Waals surface area (Å²) in [5.41, 5.74) is 14.4. The van der Waals surface area contributed by atoms with Crippen LogP contribution in [0.15, 0.2) is 6.07 Å². The summed E-state index contributed by atoms with van der Waals surface area (Å²) in [5.74, 6) is 0.209. The molecular weight excluding hydrogens is 252 g/mol. The molecular formula is C15H22N4O. The molecule has 2 unspecified atom stereocenters. The standard InChI is InChI=1S/C15H22N4O/c16-11-5-3-7-13(11)19-15-10(14(17)20)8-9-4-1-2-6-12(9)18-15/h8,11,13H,1-7,16H2,(H2,17,20)(H,18,19). The normalized spacial score (nSPS) is 25.2. The van der Waals surface area contributed by atoms with E-state index in [9.17, 15) is 4.79 Å². The van der Waals surface area contributed by atoms with Gasteiger partial charge >= 0.3 is 0 Å². The zero-order chi connectivity index (χ0) is 14.1. The molecule has 2 atom stereocenters. The van der Waals surface area contributed by atoms with Crippen LogP contribution in [0.25, 0.3) is 0 Å². The molecule has 1 aromatic rings. The van der Waals surface area contributed by atoms with Gasteiger partial charge in [-0.2, -0.15) is 0 Å². The lowest BCUT2D eigenvalue weighted by atomic mass is 9.94. The van der Waals surface area contributed by atoms with E-state index in [0.717, 1.165) is 50.6 Å². The smallest absolute Gasteiger partial charge is 0.252 e. The van der Waals surface area contributed by atoms with Crippen LogP contribution in [0.2, 0.25) is 0 Å². The molecule has 5 heteroatoms. The number of hydrogen-bond donors (Lipinski definition) is 3. The Labute approximate surface area is 119 Å². The Hall–Kier alpha value is -1.62. The van der Waals surface area contributed by atoms with Gasteiger partial charge in [-0.25, -0.2) is 4.98 Å². The SMILES string of the molecule is NC(=O)c1cc2c(nc1NC1CCCC1N)CCCC2. The Morgan fingerprint density at radius 1 is 1.25 bits per heavy atom. The molecule has 2 aliphatic carbocycles. The Morgan fingerprint density at radius 2 is 2.05 bits per heavy atom. The number of fused-ring (bicyclic) bond motifs is 1. The van der Waals surface area contributed by atoms with Crippen molar-refractivity contribution in [2.75, 3.05) is 5.32 Å². The van der Waals surface area contributed by atoms with E-state index in [2.05, 4.69) is 10.3 Å². The number of anilines is 1. The summed E-state index contributed by atoms with van der Waals surface area (Å²) >= 11 is 0.